The highest BCUT2D eigenvalue weighted by atomic mass is 16.5. The van der Waals surface area contributed by atoms with Gasteiger partial charge in [0.1, 0.15) is 0 Å². The summed E-state index contributed by atoms with van der Waals surface area (Å²) in [5, 5.41) is 0. The van der Waals surface area contributed by atoms with E-state index in [1.807, 2.05) is 12.1 Å². The molecule has 0 aromatic heterocycles. The molecule has 1 saturated carbocycles. The molecule has 1 atom stereocenters. The first-order valence-corrected chi connectivity index (χ1v) is 7.51. The van der Waals surface area contributed by atoms with Crippen molar-refractivity contribution in [1.29, 1.82) is 0 Å². The van der Waals surface area contributed by atoms with Crippen molar-refractivity contribution in [2.45, 2.75) is 50.8 Å². The van der Waals surface area contributed by atoms with Crippen molar-refractivity contribution in [3.63, 3.8) is 0 Å². The molecule has 0 bridgehead atoms. The number of ether oxygens (including phenoxy) is 1. The van der Waals surface area contributed by atoms with E-state index in [1.165, 1.54) is 37.7 Å². The molecule has 3 rings (SSSR count). The molecular weight excluding hydrogens is 236 g/mol. The number of anilines is 1. The first kappa shape index (κ1) is 12.9. The predicted molar refractivity (Wildman–Crippen MR) is 77.9 cm³/mol. The Morgan fingerprint density at radius 2 is 2.11 bits per heavy atom. The van der Waals surface area contributed by atoms with Crippen molar-refractivity contribution < 1.29 is 4.74 Å². The fourth-order valence-electron chi connectivity index (χ4n) is 2.92. The second-order valence-corrected chi connectivity index (χ2v) is 5.89. The Balaban J connectivity index is 1.60. The smallest absolute Gasteiger partial charge is 0.0702 e. The van der Waals surface area contributed by atoms with Crippen LogP contribution in [0.4, 0.5) is 5.69 Å². The maximum atomic E-state index is 5.88. The topological polar surface area (TPSA) is 38.5 Å². The van der Waals surface area contributed by atoms with Gasteiger partial charge in [0, 0.05) is 31.4 Å². The van der Waals surface area contributed by atoms with E-state index in [2.05, 4.69) is 17.0 Å². The Bertz CT molecular complexity index is 411. The molecule has 2 N–H and O–H groups in total. The van der Waals surface area contributed by atoms with Gasteiger partial charge >= 0.3 is 0 Å². The average molecular weight is 260 g/mol. The van der Waals surface area contributed by atoms with Crippen LogP contribution < -0.4 is 5.73 Å². The van der Waals surface area contributed by atoms with Crippen LogP contribution in [0.25, 0.3) is 0 Å². The molecular formula is C16H24N2O. The lowest BCUT2D eigenvalue weighted by Gasteiger charge is -2.30. The molecule has 1 aromatic carbocycles. The molecule has 19 heavy (non-hydrogen) atoms. The molecule has 0 unspecified atom stereocenters. The van der Waals surface area contributed by atoms with Crippen LogP contribution in [0.15, 0.2) is 24.3 Å². The highest BCUT2D eigenvalue weighted by Gasteiger charge is 2.31. The van der Waals surface area contributed by atoms with Crippen LogP contribution in [0.5, 0.6) is 0 Å². The first-order valence-electron chi connectivity index (χ1n) is 7.51. The summed E-state index contributed by atoms with van der Waals surface area (Å²) in [5.41, 5.74) is 8.05. The van der Waals surface area contributed by atoms with E-state index in [9.17, 15) is 0 Å². The summed E-state index contributed by atoms with van der Waals surface area (Å²) in [5.74, 6) is 0. The van der Waals surface area contributed by atoms with Gasteiger partial charge in [-0.1, -0.05) is 12.1 Å². The Kier molecular flexibility index (Phi) is 4.04. The van der Waals surface area contributed by atoms with E-state index in [-0.39, 0.29) is 0 Å². The maximum Gasteiger partial charge on any atom is 0.0702 e. The molecule has 0 radical (unpaired) electrons. The highest BCUT2D eigenvalue weighted by molar-refractivity contribution is 5.40. The SMILES string of the molecule is Nc1cccc(CN(C[C@@H]2CCCCO2)C2CC2)c1. The number of benzene rings is 1. The van der Waals surface area contributed by atoms with Crippen LogP contribution in [0.2, 0.25) is 0 Å². The summed E-state index contributed by atoms with van der Waals surface area (Å²) < 4.78 is 5.88. The van der Waals surface area contributed by atoms with Gasteiger partial charge in [0.05, 0.1) is 6.10 Å². The average Bonchev–Trinajstić information content (AvgIpc) is 3.23. The third-order valence-electron chi connectivity index (χ3n) is 4.11. The molecule has 104 valence electrons. The summed E-state index contributed by atoms with van der Waals surface area (Å²) >= 11 is 0. The highest BCUT2D eigenvalue weighted by Crippen LogP contribution is 2.30. The summed E-state index contributed by atoms with van der Waals surface area (Å²) in [7, 11) is 0. The molecule has 1 aliphatic heterocycles. The van der Waals surface area contributed by atoms with Gasteiger partial charge in [0.15, 0.2) is 0 Å². The lowest BCUT2D eigenvalue weighted by Crippen LogP contribution is -2.36. The fraction of sp³-hybridized carbons (Fsp3) is 0.625. The largest absolute Gasteiger partial charge is 0.399 e. The Labute approximate surface area is 115 Å². The number of hydrogen-bond acceptors (Lipinski definition) is 3. The van der Waals surface area contributed by atoms with Crippen LogP contribution >= 0.6 is 0 Å². The number of nitrogen functional groups attached to an aromatic ring is 1. The van der Waals surface area contributed by atoms with E-state index in [4.69, 9.17) is 10.5 Å². The van der Waals surface area contributed by atoms with Crippen molar-refractivity contribution in [2.75, 3.05) is 18.9 Å². The standard InChI is InChI=1S/C16H24N2O/c17-14-5-3-4-13(10-14)11-18(15-7-8-15)12-16-6-1-2-9-19-16/h3-5,10,15-16H,1-2,6-9,11-12,17H2/t16-/m0/s1. The maximum absolute atomic E-state index is 5.88. The van der Waals surface area contributed by atoms with Gasteiger partial charge in [-0.15, -0.1) is 0 Å². The number of hydrogen-bond donors (Lipinski definition) is 1. The summed E-state index contributed by atoms with van der Waals surface area (Å²) in [6, 6.07) is 9.04. The first-order chi connectivity index (χ1) is 9.31. The van der Waals surface area contributed by atoms with E-state index < -0.39 is 0 Å². The van der Waals surface area contributed by atoms with Crippen LogP contribution in [-0.4, -0.2) is 30.2 Å². The van der Waals surface area contributed by atoms with Crippen molar-refractivity contribution in [2.24, 2.45) is 0 Å². The number of nitrogens with zero attached hydrogens (tertiary/aromatic N) is 1. The van der Waals surface area contributed by atoms with Crippen molar-refractivity contribution in [3.8, 4) is 0 Å². The third-order valence-corrected chi connectivity index (χ3v) is 4.11. The van der Waals surface area contributed by atoms with E-state index in [1.54, 1.807) is 0 Å². The number of nitrogens with two attached hydrogens (primary N) is 1. The van der Waals surface area contributed by atoms with Gasteiger partial charge in [0.2, 0.25) is 0 Å². The molecule has 3 heteroatoms. The molecule has 0 amide bonds. The normalized spacial score (nSPS) is 23.7. The third kappa shape index (κ3) is 3.71. The fourth-order valence-corrected chi connectivity index (χ4v) is 2.92. The minimum Gasteiger partial charge on any atom is -0.399 e. The lowest BCUT2D eigenvalue weighted by atomic mass is 10.1. The molecule has 2 aliphatic rings. The minimum atomic E-state index is 0.440. The number of rotatable bonds is 5. The Hall–Kier alpha value is -1.06. The molecule has 3 nitrogen and oxygen atoms in total. The zero-order valence-electron chi connectivity index (χ0n) is 11.6. The van der Waals surface area contributed by atoms with Crippen LogP contribution in [0.1, 0.15) is 37.7 Å². The van der Waals surface area contributed by atoms with E-state index in [0.717, 1.165) is 31.4 Å². The molecule has 1 heterocycles. The minimum absolute atomic E-state index is 0.440. The quantitative estimate of drug-likeness (QED) is 0.827. The van der Waals surface area contributed by atoms with Gasteiger partial charge < -0.3 is 10.5 Å². The predicted octanol–water partition coefficient (Wildman–Crippen LogP) is 2.80. The van der Waals surface area contributed by atoms with E-state index in [0.29, 0.717) is 6.10 Å². The molecule has 2 fully saturated rings. The van der Waals surface area contributed by atoms with Crippen molar-refractivity contribution >= 4 is 5.69 Å². The second-order valence-electron chi connectivity index (χ2n) is 5.89. The van der Waals surface area contributed by atoms with E-state index >= 15 is 0 Å². The molecule has 1 aromatic rings. The zero-order chi connectivity index (χ0) is 13.1. The van der Waals surface area contributed by atoms with Gasteiger partial charge in [-0.3, -0.25) is 4.90 Å². The zero-order valence-corrected chi connectivity index (χ0v) is 11.6. The van der Waals surface area contributed by atoms with Gasteiger partial charge in [-0.2, -0.15) is 0 Å². The monoisotopic (exact) mass is 260 g/mol. The Morgan fingerprint density at radius 1 is 1.21 bits per heavy atom. The molecule has 1 saturated heterocycles. The molecule has 1 aliphatic carbocycles. The van der Waals surface area contributed by atoms with Gasteiger partial charge in [0.25, 0.3) is 0 Å². The second kappa shape index (κ2) is 5.93. The van der Waals surface area contributed by atoms with Crippen LogP contribution in [0, 0.1) is 0 Å². The Morgan fingerprint density at radius 3 is 2.79 bits per heavy atom. The van der Waals surface area contributed by atoms with Crippen molar-refractivity contribution in [1.82, 2.24) is 4.90 Å². The van der Waals surface area contributed by atoms with Gasteiger partial charge in [-0.25, -0.2) is 0 Å². The van der Waals surface area contributed by atoms with Crippen LogP contribution in [0.3, 0.4) is 0 Å². The van der Waals surface area contributed by atoms with Gasteiger partial charge in [-0.05, 0) is 49.8 Å². The lowest BCUT2D eigenvalue weighted by molar-refractivity contribution is -0.00879. The summed E-state index contributed by atoms with van der Waals surface area (Å²) in [4.78, 5) is 2.59. The summed E-state index contributed by atoms with van der Waals surface area (Å²) in [6.45, 7) is 3.04. The van der Waals surface area contributed by atoms with Crippen molar-refractivity contribution in [3.05, 3.63) is 29.8 Å². The van der Waals surface area contributed by atoms with Crippen LogP contribution in [-0.2, 0) is 11.3 Å². The summed E-state index contributed by atoms with van der Waals surface area (Å²) in [6.07, 6.45) is 6.90. The molecule has 0 spiro atoms.